The second-order valence-corrected chi connectivity index (χ2v) is 24.8. The maximum atomic E-state index is 14.2. The largest absolute Gasteiger partial charge is 0.394 e. The van der Waals surface area contributed by atoms with Crippen molar-refractivity contribution in [2.45, 2.75) is 177 Å². The summed E-state index contributed by atoms with van der Waals surface area (Å²) in [7, 11) is 1.40. The predicted molar refractivity (Wildman–Crippen MR) is 362 cm³/mol. The minimum atomic E-state index is -1.47. The smallest absolute Gasteiger partial charge is 0.246 e. The molecule has 0 radical (unpaired) electrons. The van der Waals surface area contributed by atoms with Gasteiger partial charge in [0.15, 0.2) is 24.7 Å². The Hall–Kier alpha value is -5.53. The molecular formula is C65H116N8O33. The lowest BCUT2D eigenvalue weighted by Crippen LogP contribution is -2.64. The van der Waals surface area contributed by atoms with E-state index in [-0.39, 0.29) is 164 Å². The van der Waals surface area contributed by atoms with Crippen molar-refractivity contribution in [1.29, 1.82) is 0 Å². The van der Waals surface area contributed by atoms with Crippen LogP contribution in [0.4, 0.5) is 0 Å². The molecule has 3 saturated heterocycles. The van der Waals surface area contributed by atoms with Crippen LogP contribution in [0.3, 0.4) is 0 Å². The number of aliphatic hydroxyl groups is 9. The summed E-state index contributed by atoms with van der Waals surface area (Å²) in [6.45, 7) is 4.06. The molecular weight excluding hydrogens is 1420 g/mol. The first-order chi connectivity index (χ1) is 50.9. The van der Waals surface area contributed by atoms with E-state index in [1.54, 1.807) is 0 Å². The van der Waals surface area contributed by atoms with Crippen molar-refractivity contribution in [3.63, 3.8) is 0 Å². The SMILES string of the molecule is CNC(=O)C(C)NC(=O)C(CCCCNC(=O)COCCOCCOCCO[C@@H]1O[C@H](CO)[C@H](O)[C@H](O)[C@H]1NC(C)=O)CC(=O)C(CCCCNC(=O)COCCOCCOCCO[C@@H]1O[C@H](CO)[C@H](O)[C@H](O)[C@H]1NC(C)=O)NC(=O)COCCOCCOCCO[C@@H]1O[C@H](CO)[C@H](O)[C@H](O)[C@H]1NC(C)=O. The van der Waals surface area contributed by atoms with Crippen LogP contribution in [0.2, 0.25) is 0 Å². The molecule has 41 nitrogen and oxygen atoms in total. The molecule has 3 rings (SSSR count). The summed E-state index contributed by atoms with van der Waals surface area (Å²) in [4.78, 5) is 114. The molecule has 3 aliphatic heterocycles. The number of carbonyl (C=O) groups is 9. The Kier molecular flexibility index (Phi) is 49.8. The summed E-state index contributed by atoms with van der Waals surface area (Å²) in [5, 5.41) is 111. The molecule has 17 N–H and O–H groups in total. The number of nitrogens with one attached hydrogen (secondary N) is 8. The summed E-state index contributed by atoms with van der Waals surface area (Å²) < 4.78 is 82.7. The normalized spacial score (nSPS) is 25.3. The number of aliphatic hydroxyl groups excluding tert-OH is 9. The van der Waals surface area contributed by atoms with Crippen LogP contribution < -0.4 is 42.5 Å². The maximum absolute atomic E-state index is 14.2. The van der Waals surface area contributed by atoms with Gasteiger partial charge in [0.05, 0.1) is 145 Å². The fourth-order valence-corrected chi connectivity index (χ4v) is 10.7. The molecule has 0 aromatic heterocycles. The molecule has 0 aliphatic carbocycles. The number of ketones is 1. The third-order valence-corrected chi connectivity index (χ3v) is 16.3. The van der Waals surface area contributed by atoms with E-state index >= 15 is 0 Å². The van der Waals surface area contributed by atoms with Gasteiger partial charge in [0.25, 0.3) is 0 Å². The highest BCUT2D eigenvalue weighted by Gasteiger charge is 2.48. The molecule has 0 aromatic rings. The van der Waals surface area contributed by atoms with Crippen LogP contribution in [-0.2, 0) is 114 Å². The molecule has 3 heterocycles. The molecule has 3 fully saturated rings. The van der Waals surface area contributed by atoms with Crippen molar-refractivity contribution < 1.29 is 160 Å². The van der Waals surface area contributed by atoms with E-state index in [4.69, 9.17) is 71.1 Å². The van der Waals surface area contributed by atoms with Gasteiger partial charge in [-0.3, -0.25) is 43.2 Å². The topological polar surface area (TPSA) is 570 Å². The van der Waals surface area contributed by atoms with Gasteiger partial charge in [-0.2, -0.15) is 0 Å². The average Bonchev–Trinajstić information content (AvgIpc) is 0.821. The van der Waals surface area contributed by atoms with Crippen LogP contribution in [0.15, 0.2) is 0 Å². The number of Topliss-reactive ketones (excluding diaryl/α,β-unsaturated/α-hetero) is 1. The molecule has 41 heteroatoms. The Morgan fingerprint density at radius 3 is 1.02 bits per heavy atom. The fraction of sp³-hybridized carbons (Fsp3) is 0.862. The Morgan fingerprint density at radius 2 is 0.698 bits per heavy atom. The van der Waals surface area contributed by atoms with Gasteiger partial charge in [-0.15, -0.1) is 0 Å². The lowest BCUT2D eigenvalue weighted by atomic mass is 9.91. The van der Waals surface area contributed by atoms with Crippen LogP contribution in [0, 0.1) is 5.92 Å². The first-order valence-corrected chi connectivity index (χ1v) is 35.5. The lowest BCUT2D eigenvalue weighted by molar-refractivity contribution is -0.272. The van der Waals surface area contributed by atoms with Crippen LogP contribution in [-0.4, -0.2) is 382 Å². The average molecular weight is 1540 g/mol. The second kappa shape index (κ2) is 55.8. The highest BCUT2D eigenvalue weighted by molar-refractivity contribution is 5.94. The van der Waals surface area contributed by atoms with Crippen molar-refractivity contribution in [2.75, 3.05) is 179 Å². The molecule has 8 amide bonds. The van der Waals surface area contributed by atoms with Gasteiger partial charge in [0.1, 0.15) is 98.9 Å². The van der Waals surface area contributed by atoms with E-state index in [0.717, 1.165) is 0 Å². The second-order valence-electron chi connectivity index (χ2n) is 24.8. The Morgan fingerprint density at radius 1 is 0.387 bits per heavy atom. The zero-order chi connectivity index (χ0) is 78.2. The minimum absolute atomic E-state index is 0.0188. The molecule has 0 spiro atoms. The van der Waals surface area contributed by atoms with Gasteiger partial charge in [0.2, 0.25) is 47.3 Å². The van der Waals surface area contributed by atoms with Gasteiger partial charge in [-0.1, -0.05) is 6.42 Å². The van der Waals surface area contributed by atoms with Gasteiger partial charge in [0, 0.05) is 53.2 Å². The van der Waals surface area contributed by atoms with Gasteiger partial charge in [-0.05, 0) is 39.0 Å². The molecule has 0 saturated carbocycles. The highest BCUT2D eigenvalue weighted by atomic mass is 16.7. The summed E-state index contributed by atoms with van der Waals surface area (Å²) >= 11 is 0. The monoisotopic (exact) mass is 1540 g/mol. The number of amides is 8. The summed E-state index contributed by atoms with van der Waals surface area (Å²) in [5.74, 6) is -5.54. The van der Waals surface area contributed by atoms with E-state index in [0.29, 0.717) is 25.7 Å². The third kappa shape index (κ3) is 38.2. The number of hydrogen-bond acceptors (Lipinski definition) is 33. The molecule has 3 aliphatic rings. The maximum Gasteiger partial charge on any atom is 0.246 e. The Bertz CT molecular complexity index is 2510. The van der Waals surface area contributed by atoms with Crippen molar-refractivity contribution in [3.8, 4) is 0 Å². The molecule has 0 aromatic carbocycles. The summed E-state index contributed by atoms with van der Waals surface area (Å²) in [6.07, 6.45) is -14.4. The number of hydrogen-bond donors (Lipinski definition) is 17. The minimum Gasteiger partial charge on any atom is -0.394 e. The van der Waals surface area contributed by atoms with Crippen LogP contribution in [0.1, 0.15) is 72.6 Å². The quantitative estimate of drug-likeness (QED) is 0.0252. The first kappa shape index (κ1) is 94.7. The molecule has 106 heavy (non-hydrogen) atoms. The molecule has 614 valence electrons. The first-order valence-electron chi connectivity index (χ1n) is 35.5. The number of ether oxygens (including phenoxy) is 15. The standard InChI is InChI=1S/C65H116N8O33/c1-39(61(90)66-5)69-62(91)43(10-6-8-12-67-49(81)36-98-23-20-92-14-17-95-26-29-101-63-52(70-40(2)77)58(87)55(84)46(33-74)104-63)32-45(80)44(73-51(83)38-100-25-22-94-16-19-97-28-31-103-65-54(72-42(4)79)60(89)57(86)48(35-76)106-65)11-7-9-13-68-50(82)37-99-24-21-93-15-18-96-27-30-102-64-53(71-41(3)78)59(88)56(85)47(34-75)105-64/h39,43-44,46-48,52-60,63-65,74-76,84-89H,6-38H2,1-5H3,(H,66,90)(H,67,81)(H,68,82)(H,69,91)(H,70,77)(H,71,78)(H,72,79)(H,73,83)/t39?,43?,44?,46-,47-,48-,52-,53-,54-,55+,56+,57+,58-,59-,60-,63-,64-,65-/m1/s1. The Labute approximate surface area is 615 Å². The van der Waals surface area contributed by atoms with Crippen molar-refractivity contribution in [2.24, 2.45) is 5.92 Å². The van der Waals surface area contributed by atoms with E-state index < -0.39 is 189 Å². The zero-order valence-corrected chi connectivity index (χ0v) is 61.0. The van der Waals surface area contributed by atoms with Crippen LogP contribution in [0.5, 0.6) is 0 Å². The number of unbranched alkanes of at least 4 members (excludes halogenated alkanes) is 2. The molecule has 18 atom stereocenters. The van der Waals surface area contributed by atoms with Gasteiger partial charge >= 0.3 is 0 Å². The van der Waals surface area contributed by atoms with E-state index in [9.17, 15) is 89.1 Å². The number of carbonyl (C=O) groups excluding carboxylic acids is 9. The van der Waals surface area contributed by atoms with Crippen molar-refractivity contribution >= 4 is 53.0 Å². The van der Waals surface area contributed by atoms with Crippen LogP contribution in [0.25, 0.3) is 0 Å². The Balaban J connectivity index is 1.44. The lowest BCUT2D eigenvalue weighted by Gasteiger charge is -2.42. The number of rotatable bonds is 59. The van der Waals surface area contributed by atoms with Crippen LogP contribution >= 0.6 is 0 Å². The fourth-order valence-electron chi connectivity index (χ4n) is 10.7. The predicted octanol–water partition coefficient (Wildman–Crippen LogP) is -9.10. The van der Waals surface area contributed by atoms with Gasteiger partial charge in [-0.25, -0.2) is 0 Å². The van der Waals surface area contributed by atoms with Gasteiger partial charge < -0.3 is 160 Å². The highest BCUT2D eigenvalue weighted by Crippen LogP contribution is 2.25. The van der Waals surface area contributed by atoms with E-state index in [1.807, 2.05) is 0 Å². The zero-order valence-electron chi connectivity index (χ0n) is 61.0. The van der Waals surface area contributed by atoms with E-state index in [2.05, 4.69) is 42.5 Å². The van der Waals surface area contributed by atoms with Crippen molar-refractivity contribution in [3.05, 3.63) is 0 Å². The summed E-state index contributed by atoms with van der Waals surface area (Å²) in [6, 6.07) is -5.38. The number of likely N-dealkylation sites (N-methyl/N-ethyl adjacent to an activating group) is 1. The van der Waals surface area contributed by atoms with E-state index in [1.165, 1.54) is 34.7 Å². The third-order valence-electron chi connectivity index (χ3n) is 16.3. The van der Waals surface area contributed by atoms with Crippen molar-refractivity contribution in [1.82, 2.24) is 42.5 Å². The summed E-state index contributed by atoms with van der Waals surface area (Å²) in [5.41, 5.74) is 0. The molecule has 0 bridgehead atoms. The molecule has 3 unspecified atom stereocenters.